The summed E-state index contributed by atoms with van der Waals surface area (Å²) in [4.78, 5) is 37.3. The maximum absolute atomic E-state index is 13.7. The Hall–Kier alpha value is -3.15. The van der Waals surface area contributed by atoms with Crippen LogP contribution in [0.3, 0.4) is 0 Å². The third-order valence-electron chi connectivity index (χ3n) is 11.5. The summed E-state index contributed by atoms with van der Waals surface area (Å²) in [5, 5.41) is 19.1. The van der Waals surface area contributed by atoms with Crippen molar-refractivity contribution in [3.63, 3.8) is 0 Å². The number of hydrazone groups is 1. The van der Waals surface area contributed by atoms with Gasteiger partial charge in [-0.1, -0.05) is 57.7 Å². The predicted molar refractivity (Wildman–Crippen MR) is 180 cm³/mol. The number of rotatable bonds is 8. The van der Waals surface area contributed by atoms with Crippen molar-refractivity contribution in [2.24, 2.45) is 39.1 Å². The molecular weight excluding hydrogens is 624 g/mol. The Morgan fingerprint density at radius 2 is 2.00 bits per heavy atom. The van der Waals surface area contributed by atoms with Crippen LogP contribution in [0.25, 0.3) is 10.2 Å². The van der Waals surface area contributed by atoms with Crippen molar-refractivity contribution in [1.29, 1.82) is 0 Å². The van der Waals surface area contributed by atoms with Crippen LogP contribution in [0, 0.1) is 39.8 Å². The van der Waals surface area contributed by atoms with E-state index in [9.17, 15) is 19.1 Å². The van der Waals surface area contributed by atoms with E-state index in [-0.39, 0.29) is 40.5 Å². The molecule has 244 valence electrons. The molecule has 3 fully saturated rings. The molecule has 2 aromatic heterocycles. The Morgan fingerprint density at radius 3 is 2.74 bits per heavy atom. The van der Waals surface area contributed by atoms with Gasteiger partial charge in [-0.3, -0.25) is 15.0 Å². The van der Waals surface area contributed by atoms with Crippen molar-refractivity contribution in [2.75, 3.05) is 11.2 Å². The fraction of sp³-hybridized carbons (Fsp3) is 0.514. The number of thioether (sulfide) groups is 1. The molecule has 3 aliphatic carbocycles. The first kappa shape index (κ1) is 32.8. The molecule has 2 bridgehead atoms. The van der Waals surface area contributed by atoms with Crippen LogP contribution in [0.4, 0.5) is 10.2 Å². The topological polar surface area (TPSA) is 114 Å². The van der Waals surface area contributed by atoms with Gasteiger partial charge in [0, 0.05) is 23.2 Å². The number of halogens is 1. The molecule has 8 nitrogen and oxygen atoms in total. The highest BCUT2D eigenvalue weighted by Crippen LogP contribution is 2.68. The van der Waals surface area contributed by atoms with Crippen LogP contribution in [-0.2, 0) is 14.3 Å². The second kappa shape index (κ2) is 12.5. The van der Waals surface area contributed by atoms with E-state index in [1.54, 1.807) is 24.4 Å². The molecule has 2 heterocycles. The lowest BCUT2D eigenvalue weighted by atomic mass is 9.44. The van der Waals surface area contributed by atoms with E-state index < -0.39 is 29.0 Å². The number of benzene rings is 1. The van der Waals surface area contributed by atoms with Crippen LogP contribution in [0.15, 0.2) is 58.6 Å². The molecule has 3 aliphatic rings. The zero-order chi connectivity index (χ0) is 32.9. The number of Topliss-reactive ketones (excluding diaryl/α,β-unsaturated/α-hetero) is 1. The number of nitrogens with zero attached hydrogens (tertiary/aromatic N) is 3. The molecule has 1 aromatic carbocycles. The van der Waals surface area contributed by atoms with Gasteiger partial charge >= 0.3 is 5.97 Å². The van der Waals surface area contributed by atoms with Crippen LogP contribution < -0.4 is 5.43 Å². The quantitative estimate of drug-likeness (QED) is 0.0646. The predicted octanol–water partition coefficient (Wildman–Crippen LogP) is 7.28. The molecule has 11 heteroatoms. The number of aromatic nitrogens is 2. The molecular formula is C35H41FN4O4S2. The molecule has 3 saturated carbocycles. The summed E-state index contributed by atoms with van der Waals surface area (Å²) in [6, 6.07) is 7.88. The lowest BCUT2D eigenvalue weighted by Gasteiger charge is -2.61. The third-order valence-corrected chi connectivity index (χ3v) is 13.1. The van der Waals surface area contributed by atoms with Crippen LogP contribution in [0.5, 0.6) is 0 Å². The van der Waals surface area contributed by atoms with E-state index in [2.05, 4.69) is 47.8 Å². The third kappa shape index (κ3) is 5.58. The van der Waals surface area contributed by atoms with Gasteiger partial charge in [-0.25, -0.2) is 14.4 Å². The first-order valence-electron chi connectivity index (χ1n) is 15.9. The van der Waals surface area contributed by atoms with Gasteiger partial charge in [-0.05, 0) is 72.1 Å². The highest BCUT2D eigenvalue weighted by Gasteiger charge is 2.68. The number of ether oxygens (including phenoxy) is 1. The number of hydrogen-bond acceptors (Lipinski definition) is 10. The average molecular weight is 665 g/mol. The Morgan fingerprint density at radius 1 is 1.24 bits per heavy atom. The number of carbonyl (C=O) groups excluding carboxylic acids is 2. The maximum atomic E-state index is 13.7. The average Bonchev–Trinajstić information content (AvgIpc) is 3.66. The van der Waals surface area contributed by atoms with Gasteiger partial charge in [0.1, 0.15) is 22.5 Å². The minimum absolute atomic E-state index is 0.0242. The molecule has 2 N–H and O–H groups in total. The molecule has 0 amide bonds. The van der Waals surface area contributed by atoms with Gasteiger partial charge in [0.25, 0.3) is 0 Å². The minimum Gasteiger partial charge on any atom is -0.461 e. The van der Waals surface area contributed by atoms with Gasteiger partial charge in [0.15, 0.2) is 11.0 Å². The van der Waals surface area contributed by atoms with Gasteiger partial charge in [0.05, 0.1) is 23.5 Å². The number of thiophene rings is 1. The summed E-state index contributed by atoms with van der Waals surface area (Å²) < 4.78 is 19.6. The maximum Gasteiger partial charge on any atom is 0.316 e. The number of aliphatic hydroxyl groups is 1. The number of esters is 1. The van der Waals surface area contributed by atoms with E-state index in [0.717, 1.165) is 35.0 Å². The number of hydrogen-bond donors (Lipinski definition) is 2. The van der Waals surface area contributed by atoms with Gasteiger partial charge in [0.2, 0.25) is 0 Å². The van der Waals surface area contributed by atoms with Crippen molar-refractivity contribution in [2.45, 2.75) is 77.2 Å². The molecule has 6 rings (SSSR count). The molecule has 0 unspecified atom stereocenters. The first-order chi connectivity index (χ1) is 21.9. The van der Waals surface area contributed by atoms with Crippen LogP contribution in [0.2, 0.25) is 0 Å². The second-order valence-electron chi connectivity index (χ2n) is 13.8. The fourth-order valence-electron chi connectivity index (χ4n) is 8.52. The summed E-state index contributed by atoms with van der Waals surface area (Å²) in [6.45, 7) is 12.5. The number of anilines is 1. The summed E-state index contributed by atoms with van der Waals surface area (Å²) in [5.74, 6) is -0.249. The molecule has 0 saturated heterocycles. The van der Waals surface area contributed by atoms with Crippen molar-refractivity contribution < 1.29 is 23.8 Å². The first-order valence-corrected chi connectivity index (χ1v) is 17.7. The largest absolute Gasteiger partial charge is 0.461 e. The van der Waals surface area contributed by atoms with Gasteiger partial charge in [-0.15, -0.1) is 17.9 Å². The Labute approximate surface area is 277 Å². The number of fused-ring (bicyclic) bond motifs is 1. The van der Waals surface area contributed by atoms with Gasteiger partial charge < -0.3 is 9.84 Å². The minimum atomic E-state index is -0.713. The SMILES string of the molecule is C=C[C@]1(C)C[C@@H](OC(=O)CSc2nc(N/N=C/c3ccc(F)cc3)c3ccsc3n2)[C@]2(C)[C@H](C)CC[C@]3(CCC(=O)[C@H]32)[C@@H](C)[C@@H]1O. The Balaban J connectivity index is 1.23. The standard InChI is InChI=1S/C35H41FN4O4S2/c1-6-33(4)17-26(34(5)20(2)11-14-35(21(3)29(33)43)15-12-25(41)28(34)35)44-27(42)19-46-32-38-30(24-13-16-45-31(24)39-32)40-37-18-22-7-9-23(36)10-8-22/h6-10,13,16,18,20-21,26,28-29,43H,1,11-12,14-15,17,19H2,2-5H3,(H,38,39,40)/b37-18+/t20-,21+,26-,28+,29+,33-,34+,35+/m1/s1. The normalized spacial score (nSPS) is 34.2. The smallest absolute Gasteiger partial charge is 0.316 e. The van der Waals surface area contributed by atoms with E-state index in [0.29, 0.717) is 23.8 Å². The fourth-order valence-corrected chi connectivity index (χ4v) is 9.97. The number of ketones is 1. The van der Waals surface area contributed by atoms with Crippen molar-refractivity contribution in [3.05, 3.63) is 59.7 Å². The molecule has 0 radical (unpaired) electrons. The van der Waals surface area contributed by atoms with E-state index >= 15 is 0 Å². The molecule has 46 heavy (non-hydrogen) atoms. The number of carbonyl (C=O) groups is 2. The van der Waals surface area contributed by atoms with E-state index in [1.165, 1.54) is 35.2 Å². The highest BCUT2D eigenvalue weighted by atomic mass is 32.2. The Kier molecular flexibility index (Phi) is 8.88. The van der Waals surface area contributed by atoms with Crippen LogP contribution >= 0.6 is 23.1 Å². The van der Waals surface area contributed by atoms with E-state index in [1.807, 2.05) is 18.4 Å². The number of nitrogens with one attached hydrogen (secondary N) is 1. The van der Waals surface area contributed by atoms with Crippen molar-refractivity contribution >= 4 is 57.1 Å². The Bertz CT molecular complexity index is 1680. The van der Waals surface area contributed by atoms with Crippen LogP contribution in [-0.4, -0.2) is 51.0 Å². The molecule has 0 spiro atoms. The summed E-state index contributed by atoms with van der Waals surface area (Å²) in [6.07, 6.45) is 5.53. The zero-order valence-corrected chi connectivity index (χ0v) is 28.3. The lowest BCUT2D eigenvalue weighted by Crippen LogP contribution is -2.63. The monoisotopic (exact) mass is 664 g/mol. The zero-order valence-electron chi connectivity index (χ0n) is 26.7. The van der Waals surface area contributed by atoms with Crippen molar-refractivity contribution in [1.82, 2.24) is 9.97 Å². The summed E-state index contributed by atoms with van der Waals surface area (Å²) >= 11 is 2.63. The van der Waals surface area contributed by atoms with Gasteiger partial charge in [-0.2, -0.15) is 5.10 Å². The summed E-state index contributed by atoms with van der Waals surface area (Å²) in [7, 11) is 0. The lowest BCUT2D eigenvalue weighted by molar-refractivity contribution is -0.205. The molecule has 8 atom stereocenters. The van der Waals surface area contributed by atoms with Crippen molar-refractivity contribution in [3.8, 4) is 0 Å². The molecule has 0 aliphatic heterocycles. The second-order valence-corrected chi connectivity index (χ2v) is 15.6. The summed E-state index contributed by atoms with van der Waals surface area (Å²) in [5.41, 5.74) is 2.10. The highest BCUT2D eigenvalue weighted by molar-refractivity contribution is 7.99. The molecule has 3 aromatic rings. The number of aliphatic hydroxyl groups excluding tert-OH is 1. The van der Waals surface area contributed by atoms with E-state index in [4.69, 9.17) is 4.74 Å². The van der Waals surface area contributed by atoms with Crippen LogP contribution in [0.1, 0.15) is 65.4 Å².